The number of anilines is 1. The van der Waals surface area contributed by atoms with Gasteiger partial charge < -0.3 is 15.4 Å². The molecule has 0 bridgehead atoms. The normalized spacial score (nSPS) is 16.0. The minimum Gasteiger partial charge on any atom is -0.450 e. The number of rotatable bonds is 5. The summed E-state index contributed by atoms with van der Waals surface area (Å²) in [5.41, 5.74) is 7.90. The zero-order valence-corrected chi connectivity index (χ0v) is 12.8. The first-order valence-electron chi connectivity index (χ1n) is 7.67. The number of amides is 1. The molecule has 1 amide bonds. The molecule has 1 aromatic carbocycles. The fourth-order valence-corrected chi connectivity index (χ4v) is 2.62. The average molecular weight is 291 g/mol. The van der Waals surface area contributed by atoms with Crippen molar-refractivity contribution in [2.75, 3.05) is 45.1 Å². The van der Waals surface area contributed by atoms with Gasteiger partial charge in [0.1, 0.15) is 0 Å². The summed E-state index contributed by atoms with van der Waals surface area (Å²) in [6.45, 7) is 6.72. The molecule has 1 aliphatic heterocycles. The van der Waals surface area contributed by atoms with Crippen molar-refractivity contribution in [3.63, 3.8) is 0 Å². The molecule has 0 radical (unpaired) electrons. The van der Waals surface area contributed by atoms with Crippen molar-refractivity contribution in [1.29, 1.82) is 0 Å². The summed E-state index contributed by atoms with van der Waals surface area (Å²) in [5, 5.41) is 0. The monoisotopic (exact) mass is 291 g/mol. The second-order valence-electron chi connectivity index (χ2n) is 5.38. The number of ether oxygens (including phenoxy) is 1. The lowest BCUT2D eigenvalue weighted by atomic mass is 10.1. The number of nitrogens with zero attached hydrogens (tertiary/aromatic N) is 2. The van der Waals surface area contributed by atoms with Gasteiger partial charge in [-0.2, -0.15) is 0 Å². The Morgan fingerprint density at radius 1 is 1.29 bits per heavy atom. The highest BCUT2D eigenvalue weighted by molar-refractivity contribution is 5.67. The van der Waals surface area contributed by atoms with Gasteiger partial charge in [-0.15, -0.1) is 0 Å². The topological polar surface area (TPSA) is 58.8 Å². The van der Waals surface area contributed by atoms with Gasteiger partial charge in [0.2, 0.25) is 0 Å². The summed E-state index contributed by atoms with van der Waals surface area (Å²) in [5.74, 6) is 0. The van der Waals surface area contributed by atoms with Gasteiger partial charge in [-0.1, -0.05) is 12.1 Å². The van der Waals surface area contributed by atoms with Crippen LogP contribution in [-0.4, -0.2) is 55.2 Å². The first-order valence-corrected chi connectivity index (χ1v) is 7.67. The molecule has 0 saturated carbocycles. The van der Waals surface area contributed by atoms with E-state index in [9.17, 15) is 4.79 Å². The van der Waals surface area contributed by atoms with Crippen LogP contribution in [0.5, 0.6) is 0 Å². The molecule has 0 atom stereocenters. The summed E-state index contributed by atoms with van der Waals surface area (Å²) in [7, 11) is 0. The van der Waals surface area contributed by atoms with Crippen LogP contribution >= 0.6 is 0 Å². The van der Waals surface area contributed by atoms with E-state index in [4.69, 9.17) is 10.5 Å². The Morgan fingerprint density at radius 2 is 2.05 bits per heavy atom. The molecule has 1 heterocycles. The predicted molar refractivity (Wildman–Crippen MR) is 84.2 cm³/mol. The maximum atomic E-state index is 11.6. The van der Waals surface area contributed by atoms with Crippen LogP contribution in [0.4, 0.5) is 10.5 Å². The molecule has 0 unspecified atom stereocenters. The predicted octanol–water partition coefficient (Wildman–Crippen LogP) is 1.98. The zero-order valence-electron chi connectivity index (χ0n) is 12.8. The van der Waals surface area contributed by atoms with Crippen LogP contribution in [0.15, 0.2) is 24.3 Å². The standard InChI is InChI=1S/C16H25N3O2/c1-2-21-16(20)19-11-9-18(10-12-19)8-4-6-14-5-3-7-15(17)13-14/h3,5,7,13H,2,4,6,8-12,17H2,1H3. The fourth-order valence-electron chi connectivity index (χ4n) is 2.62. The lowest BCUT2D eigenvalue weighted by molar-refractivity contribution is 0.0794. The van der Waals surface area contributed by atoms with Gasteiger partial charge in [0.05, 0.1) is 6.61 Å². The molecule has 2 N–H and O–H groups in total. The number of aryl methyl sites for hydroxylation is 1. The van der Waals surface area contributed by atoms with Gasteiger partial charge in [-0.05, 0) is 44.0 Å². The molecule has 1 fully saturated rings. The molecule has 0 aromatic heterocycles. The summed E-state index contributed by atoms with van der Waals surface area (Å²) < 4.78 is 5.02. The quantitative estimate of drug-likeness (QED) is 0.843. The Bertz CT molecular complexity index is 457. The van der Waals surface area contributed by atoms with Gasteiger partial charge in [-0.3, -0.25) is 4.90 Å². The highest BCUT2D eigenvalue weighted by Crippen LogP contribution is 2.10. The Morgan fingerprint density at radius 3 is 2.71 bits per heavy atom. The van der Waals surface area contributed by atoms with Gasteiger partial charge in [0.15, 0.2) is 0 Å². The van der Waals surface area contributed by atoms with Crippen LogP contribution in [0.25, 0.3) is 0 Å². The average Bonchev–Trinajstić information content (AvgIpc) is 2.48. The number of carbonyl (C=O) groups excluding carboxylic acids is 1. The highest BCUT2D eigenvalue weighted by Gasteiger charge is 2.21. The summed E-state index contributed by atoms with van der Waals surface area (Å²) in [6, 6.07) is 8.08. The number of nitrogens with two attached hydrogens (primary N) is 1. The van der Waals surface area contributed by atoms with E-state index in [0.29, 0.717) is 6.61 Å². The lowest BCUT2D eigenvalue weighted by Gasteiger charge is -2.34. The number of nitrogen functional groups attached to an aromatic ring is 1. The molecular formula is C16H25N3O2. The first-order chi connectivity index (χ1) is 10.2. The van der Waals surface area contributed by atoms with E-state index in [1.165, 1.54) is 5.56 Å². The van der Waals surface area contributed by atoms with Crippen molar-refractivity contribution >= 4 is 11.8 Å². The summed E-state index contributed by atoms with van der Waals surface area (Å²) in [4.78, 5) is 15.8. The van der Waals surface area contributed by atoms with Gasteiger partial charge in [0.25, 0.3) is 0 Å². The molecule has 0 spiro atoms. The largest absolute Gasteiger partial charge is 0.450 e. The zero-order chi connectivity index (χ0) is 15.1. The van der Waals surface area contributed by atoms with Crippen LogP contribution in [-0.2, 0) is 11.2 Å². The van der Waals surface area contributed by atoms with Crippen molar-refractivity contribution in [2.45, 2.75) is 19.8 Å². The third-order valence-electron chi connectivity index (χ3n) is 3.79. The van der Waals surface area contributed by atoms with Crippen LogP contribution in [0.1, 0.15) is 18.9 Å². The fraction of sp³-hybridized carbons (Fsp3) is 0.562. The van der Waals surface area contributed by atoms with Crippen molar-refractivity contribution < 1.29 is 9.53 Å². The Kier molecular flexibility index (Phi) is 5.87. The minimum absolute atomic E-state index is 0.183. The summed E-state index contributed by atoms with van der Waals surface area (Å²) >= 11 is 0. The van der Waals surface area contributed by atoms with Crippen molar-refractivity contribution in [3.8, 4) is 0 Å². The molecule has 1 saturated heterocycles. The number of piperazine rings is 1. The molecule has 2 rings (SSSR count). The molecule has 116 valence electrons. The highest BCUT2D eigenvalue weighted by atomic mass is 16.6. The lowest BCUT2D eigenvalue weighted by Crippen LogP contribution is -2.49. The van der Waals surface area contributed by atoms with E-state index < -0.39 is 0 Å². The smallest absolute Gasteiger partial charge is 0.409 e. The Balaban J connectivity index is 1.66. The Labute approximate surface area is 126 Å². The Hall–Kier alpha value is -1.75. The van der Waals surface area contributed by atoms with Gasteiger partial charge in [0, 0.05) is 31.9 Å². The van der Waals surface area contributed by atoms with E-state index >= 15 is 0 Å². The van der Waals surface area contributed by atoms with Crippen molar-refractivity contribution in [3.05, 3.63) is 29.8 Å². The molecule has 1 aliphatic rings. The maximum Gasteiger partial charge on any atom is 0.409 e. The van der Waals surface area contributed by atoms with E-state index in [-0.39, 0.29) is 6.09 Å². The first kappa shape index (κ1) is 15.6. The number of hydrogen-bond donors (Lipinski definition) is 1. The van der Waals surface area contributed by atoms with Crippen LogP contribution in [0.3, 0.4) is 0 Å². The van der Waals surface area contributed by atoms with Gasteiger partial charge >= 0.3 is 6.09 Å². The molecule has 1 aromatic rings. The van der Waals surface area contributed by atoms with Crippen LogP contribution in [0.2, 0.25) is 0 Å². The SMILES string of the molecule is CCOC(=O)N1CCN(CCCc2cccc(N)c2)CC1. The van der Waals surface area contributed by atoms with E-state index in [1.54, 1.807) is 4.90 Å². The van der Waals surface area contributed by atoms with Crippen molar-refractivity contribution in [1.82, 2.24) is 9.80 Å². The second kappa shape index (κ2) is 7.88. The number of carbonyl (C=O) groups is 1. The third-order valence-corrected chi connectivity index (χ3v) is 3.79. The van der Waals surface area contributed by atoms with Gasteiger partial charge in [-0.25, -0.2) is 4.79 Å². The van der Waals surface area contributed by atoms with Crippen LogP contribution in [0, 0.1) is 0 Å². The van der Waals surface area contributed by atoms with E-state index in [1.807, 2.05) is 25.1 Å². The van der Waals surface area contributed by atoms with Crippen molar-refractivity contribution in [2.24, 2.45) is 0 Å². The summed E-state index contributed by atoms with van der Waals surface area (Å²) in [6.07, 6.45) is 1.98. The maximum absolute atomic E-state index is 11.6. The number of hydrogen-bond acceptors (Lipinski definition) is 4. The number of benzene rings is 1. The second-order valence-corrected chi connectivity index (χ2v) is 5.38. The van der Waals surface area contributed by atoms with Crippen LogP contribution < -0.4 is 5.73 Å². The van der Waals surface area contributed by atoms with E-state index in [2.05, 4.69) is 11.0 Å². The molecule has 21 heavy (non-hydrogen) atoms. The molecule has 5 heteroatoms. The molecule has 0 aliphatic carbocycles. The van der Waals surface area contributed by atoms with E-state index in [0.717, 1.165) is 51.3 Å². The third kappa shape index (κ3) is 4.93. The molecule has 5 nitrogen and oxygen atoms in total. The minimum atomic E-state index is -0.183. The molecular weight excluding hydrogens is 266 g/mol.